The summed E-state index contributed by atoms with van der Waals surface area (Å²) in [6, 6.07) is 38.9. The number of anilines is 1. The first-order valence-electron chi connectivity index (χ1n) is 13.2. The second kappa shape index (κ2) is 10.4. The number of carbonyl (C=O) groups excluding carboxylic acids is 1. The third-order valence-electron chi connectivity index (χ3n) is 8.08. The van der Waals surface area contributed by atoms with Crippen LogP contribution in [0.5, 0.6) is 0 Å². The van der Waals surface area contributed by atoms with Crippen LogP contribution in [0.1, 0.15) is 48.0 Å². The molecule has 4 aromatic carbocycles. The van der Waals surface area contributed by atoms with Gasteiger partial charge in [0.25, 0.3) is 0 Å². The first-order chi connectivity index (χ1) is 18.6. The van der Waals surface area contributed by atoms with Gasteiger partial charge in [-0.25, -0.2) is 5.06 Å². The highest BCUT2D eigenvalue weighted by Gasteiger charge is 2.61. The Bertz CT molecular complexity index is 1380. The molecule has 4 aromatic rings. The molecule has 4 nitrogen and oxygen atoms in total. The maximum absolute atomic E-state index is 14.1. The molecule has 2 heterocycles. The minimum atomic E-state index is -1.05. The predicted molar refractivity (Wildman–Crippen MR) is 152 cm³/mol. The van der Waals surface area contributed by atoms with Crippen molar-refractivity contribution < 1.29 is 9.63 Å². The number of likely N-dealkylation sites (tertiary alicyclic amines) is 1. The van der Waals surface area contributed by atoms with Crippen molar-refractivity contribution in [3.63, 3.8) is 0 Å². The molecule has 2 fully saturated rings. The number of piperidine rings is 1. The van der Waals surface area contributed by atoms with Crippen molar-refractivity contribution in [1.29, 1.82) is 0 Å². The minimum absolute atomic E-state index is 0.147. The van der Waals surface area contributed by atoms with E-state index >= 15 is 0 Å². The zero-order valence-corrected chi connectivity index (χ0v) is 22.2. The van der Waals surface area contributed by atoms with Crippen molar-refractivity contribution in [1.82, 2.24) is 4.90 Å². The quantitative estimate of drug-likeness (QED) is 0.273. The summed E-state index contributed by atoms with van der Waals surface area (Å²) in [5.41, 5.74) is 3.26. The summed E-state index contributed by atoms with van der Waals surface area (Å²) in [4.78, 5) is 23.5. The van der Waals surface area contributed by atoms with Crippen LogP contribution < -0.4 is 5.06 Å². The number of benzene rings is 4. The fraction of sp³-hybridized carbons (Fsp3) is 0.242. The molecule has 1 unspecified atom stereocenters. The van der Waals surface area contributed by atoms with Crippen LogP contribution in [0.4, 0.5) is 5.69 Å². The molecule has 5 heteroatoms. The van der Waals surface area contributed by atoms with Crippen molar-refractivity contribution >= 4 is 23.1 Å². The smallest absolute Gasteiger partial charge is 0.176 e. The number of Topliss-reactive ketones (excluding diaryl/α,β-unsaturated/α-hetero) is 1. The first kappa shape index (κ1) is 24.9. The summed E-state index contributed by atoms with van der Waals surface area (Å²) < 4.78 is 0. The van der Waals surface area contributed by atoms with Gasteiger partial charge < -0.3 is 0 Å². The molecule has 1 spiro atoms. The Labute approximate surface area is 229 Å². The summed E-state index contributed by atoms with van der Waals surface area (Å²) in [7, 11) is 0. The normalized spacial score (nSPS) is 24.6. The molecular formula is C33H31ClN2O2. The third kappa shape index (κ3) is 4.43. The van der Waals surface area contributed by atoms with Crippen LogP contribution in [0.2, 0.25) is 5.02 Å². The van der Waals surface area contributed by atoms with E-state index in [1.807, 2.05) is 59.7 Å². The fourth-order valence-electron chi connectivity index (χ4n) is 6.12. The van der Waals surface area contributed by atoms with Crippen LogP contribution in [-0.2, 0) is 9.63 Å². The number of ketones is 1. The van der Waals surface area contributed by atoms with E-state index in [0.717, 1.165) is 16.8 Å². The van der Waals surface area contributed by atoms with Gasteiger partial charge in [0.15, 0.2) is 11.4 Å². The standard InChI is InChI=1S/C33H31ClN2O2/c1-24(25-11-5-2-6-12-25)35-22-21-30(37)33(23-35)31(26-17-19-28(34)20-18-26)32(27-13-7-3-8-14-27)36(38-33)29-15-9-4-10-16-29/h2-20,24,31-32H,21-23H2,1H3/t24-,31-,32-,33?/m0/s1. The Balaban J connectivity index is 1.51. The van der Waals surface area contributed by atoms with Gasteiger partial charge in [0.1, 0.15) is 0 Å². The minimum Gasteiger partial charge on any atom is -0.296 e. The fourth-order valence-corrected chi connectivity index (χ4v) is 6.24. The highest BCUT2D eigenvalue weighted by molar-refractivity contribution is 6.30. The van der Waals surface area contributed by atoms with E-state index in [1.54, 1.807) is 0 Å². The van der Waals surface area contributed by atoms with E-state index in [-0.39, 0.29) is 23.8 Å². The number of hydrogen-bond acceptors (Lipinski definition) is 4. The van der Waals surface area contributed by atoms with Crippen LogP contribution in [-0.4, -0.2) is 29.4 Å². The van der Waals surface area contributed by atoms with Crippen LogP contribution in [0, 0.1) is 0 Å². The Morgan fingerprint density at radius 1 is 0.816 bits per heavy atom. The molecule has 2 saturated heterocycles. The van der Waals surface area contributed by atoms with E-state index in [0.29, 0.717) is 24.5 Å². The first-order valence-corrected chi connectivity index (χ1v) is 13.6. The zero-order chi connectivity index (χ0) is 26.1. The molecule has 2 aliphatic rings. The van der Waals surface area contributed by atoms with Gasteiger partial charge in [-0.2, -0.15) is 0 Å². The molecule has 192 valence electrons. The highest BCUT2D eigenvalue weighted by atomic mass is 35.5. The largest absolute Gasteiger partial charge is 0.296 e. The average molecular weight is 523 g/mol. The van der Waals surface area contributed by atoms with Gasteiger partial charge in [0.2, 0.25) is 0 Å². The van der Waals surface area contributed by atoms with Gasteiger partial charge in [-0.15, -0.1) is 0 Å². The second-order valence-corrected chi connectivity index (χ2v) is 10.7. The monoisotopic (exact) mass is 522 g/mol. The molecule has 2 aliphatic heterocycles. The molecule has 4 atom stereocenters. The molecule has 0 N–H and O–H groups in total. The van der Waals surface area contributed by atoms with Gasteiger partial charge in [-0.1, -0.05) is 103 Å². The van der Waals surface area contributed by atoms with E-state index in [9.17, 15) is 4.79 Å². The number of rotatable bonds is 5. The van der Waals surface area contributed by atoms with Crippen molar-refractivity contribution in [2.75, 3.05) is 18.2 Å². The van der Waals surface area contributed by atoms with Gasteiger partial charge in [0, 0.05) is 30.6 Å². The Kier molecular flexibility index (Phi) is 6.79. The van der Waals surface area contributed by atoms with Crippen LogP contribution >= 0.6 is 11.6 Å². The molecule has 0 aromatic heterocycles. The van der Waals surface area contributed by atoms with Gasteiger partial charge in [-0.05, 0) is 47.9 Å². The molecule has 0 bridgehead atoms. The number of para-hydroxylation sites is 1. The summed E-state index contributed by atoms with van der Waals surface area (Å²) in [6.07, 6.45) is 0.436. The molecular weight excluding hydrogens is 492 g/mol. The average Bonchev–Trinajstić information content (AvgIpc) is 3.31. The number of halogens is 1. The van der Waals surface area contributed by atoms with Crippen molar-refractivity contribution in [2.24, 2.45) is 0 Å². The SMILES string of the molecule is C[C@@H](c1ccccc1)N1CCC(=O)C2(C1)ON(c1ccccc1)[C@@H](c1ccccc1)[C@@H]2c1ccc(Cl)cc1. The third-order valence-corrected chi connectivity index (χ3v) is 8.33. The summed E-state index contributed by atoms with van der Waals surface area (Å²) in [5, 5.41) is 2.65. The number of nitrogens with zero attached hydrogens (tertiary/aromatic N) is 2. The Morgan fingerprint density at radius 3 is 2.08 bits per heavy atom. The summed E-state index contributed by atoms with van der Waals surface area (Å²) in [6.45, 7) is 3.42. The van der Waals surface area contributed by atoms with Crippen LogP contribution in [0.3, 0.4) is 0 Å². The summed E-state index contributed by atoms with van der Waals surface area (Å²) in [5.74, 6) is -0.0889. The van der Waals surface area contributed by atoms with Gasteiger partial charge in [-0.3, -0.25) is 14.5 Å². The van der Waals surface area contributed by atoms with E-state index < -0.39 is 5.60 Å². The van der Waals surface area contributed by atoms with Gasteiger partial charge >= 0.3 is 0 Å². The lowest BCUT2D eigenvalue weighted by Crippen LogP contribution is -2.58. The number of hydrogen-bond donors (Lipinski definition) is 0. The van der Waals surface area contributed by atoms with E-state index in [2.05, 4.69) is 72.5 Å². The molecule has 0 amide bonds. The van der Waals surface area contributed by atoms with Gasteiger partial charge in [0.05, 0.1) is 17.6 Å². The molecule has 38 heavy (non-hydrogen) atoms. The zero-order valence-electron chi connectivity index (χ0n) is 21.4. The summed E-state index contributed by atoms with van der Waals surface area (Å²) >= 11 is 6.32. The van der Waals surface area contributed by atoms with Crippen LogP contribution in [0.25, 0.3) is 0 Å². The Morgan fingerprint density at radius 2 is 1.42 bits per heavy atom. The molecule has 0 aliphatic carbocycles. The van der Waals surface area contributed by atoms with Crippen molar-refractivity contribution in [3.05, 3.63) is 137 Å². The van der Waals surface area contributed by atoms with Crippen LogP contribution in [0.15, 0.2) is 115 Å². The Hall–Kier alpha value is -3.44. The second-order valence-electron chi connectivity index (χ2n) is 10.3. The maximum atomic E-state index is 14.1. The van der Waals surface area contributed by atoms with Crippen molar-refractivity contribution in [3.8, 4) is 0 Å². The number of hydroxylamine groups is 1. The lowest BCUT2D eigenvalue weighted by Gasteiger charge is -2.43. The predicted octanol–water partition coefficient (Wildman–Crippen LogP) is 7.39. The highest BCUT2D eigenvalue weighted by Crippen LogP contribution is 2.55. The maximum Gasteiger partial charge on any atom is 0.176 e. The molecule has 0 radical (unpaired) electrons. The van der Waals surface area contributed by atoms with E-state index in [4.69, 9.17) is 16.4 Å². The topological polar surface area (TPSA) is 32.8 Å². The lowest BCUT2D eigenvalue weighted by molar-refractivity contribution is -0.151. The van der Waals surface area contributed by atoms with E-state index in [1.165, 1.54) is 5.56 Å². The molecule has 0 saturated carbocycles. The van der Waals surface area contributed by atoms with Crippen molar-refractivity contribution in [2.45, 2.75) is 36.9 Å². The number of carbonyl (C=O) groups is 1. The molecule has 6 rings (SSSR count). The lowest BCUT2D eigenvalue weighted by atomic mass is 9.71.